The van der Waals surface area contributed by atoms with Gasteiger partial charge in [-0.25, -0.2) is 4.39 Å². The number of rotatable bonds is 6. The summed E-state index contributed by atoms with van der Waals surface area (Å²) in [5.41, 5.74) is 3.21. The second-order valence-electron chi connectivity index (χ2n) is 8.09. The molecule has 0 unspecified atom stereocenters. The smallest absolute Gasteiger partial charge is 0.307 e. The highest BCUT2D eigenvalue weighted by Gasteiger charge is 2.27. The molecule has 5 heteroatoms. The average Bonchev–Trinajstić information content (AvgIpc) is 3.16. The fraction of sp³-hybridized carbons (Fsp3) is 0.320. The van der Waals surface area contributed by atoms with Crippen LogP contribution in [0.1, 0.15) is 54.8 Å². The van der Waals surface area contributed by atoms with Crippen LogP contribution in [-0.4, -0.2) is 17.1 Å². The molecule has 1 saturated carbocycles. The van der Waals surface area contributed by atoms with Crippen LogP contribution in [0.2, 0.25) is 0 Å². The predicted molar refractivity (Wildman–Crippen MR) is 121 cm³/mol. The first-order valence-electron chi connectivity index (χ1n) is 10.2. The molecule has 3 aromatic carbocycles. The lowest BCUT2D eigenvalue weighted by Gasteiger charge is -2.22. The molecular formula is C25H27ClFNO2. The van der Waals surface area contributed by atoms with Gasteiger partial charge in [0.05, 0.1) is 6.42 Å². The Morgan fingerprint density at radius 1 is 1.10 bits per heavy atom. The zero-order valence-corrected chi connectivity index (χ0v) is 17.8. The number of carboxylic acid groups (broad SMARTS) is 1. The molecule has 3 nitrogen and oxygen atoms in total. The normalized spacial score (nSPS) is 19.4. The maximum atomic E-state index is 14.1. The summed E-state index contributed by atoms with van der Waals surface area (Å²) in [5.74, 6) is -0.536. The summed E-state index contributed by atoms with van der Waals surface area (Å²) in [6, 6.07) is 19.6. The van der Waals surface area contributed by atoms with Gasteiger partial charge in [-0.3, -0.25) is 4.79 Å². The molecule has 0 aliphatic heterocycles. The second-order valence-corrected chi connectivity index (χ2v) is 8.09. The number of halogens is 2. The Hall–Kier alpha value is -2.43. The molecule has 3 aromatic rings. The molecule has 1 fully saturated rings. The average molecular weight is 428 g/mol. The Kier molecular flexibility index (Phi) is 7.11. The highest BCUT2D eigenvalue weighted by atomic mass is 35.5. The lowest BCUT2D eigenvalue weighted by Crippen LogP contribution is -2.29. The van der Waals surface area contributed by atoms with Crippen LogP contribution in [0.3, 0.4) is 0 Å². The third kappa shape index (κ3) is 4.82. The SMILES string of the molecule is C[C@@H](N[C@H]1CC[C@@H](c2cccc(CC(=O)O)c2)C1)c1ccc(F)c2ccccc12.Cl. The van der Waals surface area contributed by atoms with Crippen LogP contribution in [-0.2, 0) is 11.2 Å². The van der Waals surface area contributed by atoms with Crippen LogP contribution in [0, 0.1) is 5.82 Å². The standard InChI is InChI=1S/C25H26FNO2.ClH/c1-16(21-11-12-24(26)23-8-3-2-7-22(21)23)27-20-10-9-19(15-20)18-6-4-5-17(13-18)14-25(28)29;/h2-8,11-13,16,19-20,27H,9-10,14-15H2,1H3,(H,28,29);1H/t16-,19-,20+;/m1./s1. The predicted octanol–water partition coefficient (Wildman–Crippen LogP) is 6.01. The topological polar surface area (TPSA) is 49.3 Å². The number of hydrogen-bond acceptors (Lipinski definition) is 2. The summed E-state index contributed by atoms with van der Waals surface area (Å²) in [4.78, 5) is 11.0. The van der Waals surface area contributed by atoms with Gasteiger partial charge in [0.1, 0.15) is 5.82 Å². The fourth-order valence-corrected chi connectivity index (χ4v) is 4.67. The van der Waals surface area contributed by atoms with Gasteiger partial charge in [-0.2, -0.15) is 0 Å². The van der Waals surface area contributed by atoms with Crippen LogP contribution in [0.25, 0.3) is 10.8 Å². The number of hydrogen-bond donors (Lipinski definition) is 2. The van der Waals surface area contributed by atoms with Crippen molar-refractivity contribution in [3.8, 4) is 0 Å². The van der Waals surface area contributed by atoms with Crippen LogP contribution < -0.4 is 5.32 Å². The van der Waals surface area contributed by atoms with Crippen molar-refractivity contribution in [2.24, 2.45) is 0 Å². The molecule has 1 aliphatic rings. The molecular weight excluding hydrogens is 401 g/mol. The molecule has 0 spiro atoms. The van der Waals surface area contributed by atoms with Gasteiger partial charge in [-0.05, 0) is 60.2 Å². The Labute approximate surface area is 182 Å². The number of benzene rings is 3. The Morgan fingerprint density at radius 3 is 2.63 bits per heavy atom. The van der Waals surface area contributed by atoms with E-state index in [4.69, 9.17) is 5.11 Å². The van der Waals surface area contributed by atoms with Crippen LogP contribution in [0.15, 0.2) is 60.7 Å². The molecule has 4 rings (SSSR count). The molecule has 0 bridgehead atoms. The first-order valence-corrected chi connectivity index (χ1v) is 10.2. The minimum Gasteiger partial charge on any atom is -0.481 e. The molecule has 0 aromatic heterocycles. The maximum Gasteiger partial charge on any atom is 0.307 e. The van der Waals surface area contributed by atoms with Crippen LogP contribution in [0.5, 0.6) is 0 Å². The van der Waals surface area contributed by atoms with Gasteiger partial charge in [0.25, 0.3) is 0 Å². The van der Waals surface area contributed by atoms with Gasteiger partial charge in [-0.1, -0.05) is 54.6 Å². The van der Waals surface area contributed by atoms with E-state index in [1.165, 1.54) is 5.56 Å². The van der Waals surface area contributed by atoms with Gasteiger partial charge in [0, 0.05) is 17.5 Å². The van der Waals surface area contributed by atoms with Crippen molar-refractivity contribution in [2.45, 2.75) is 50.6 Å². The van der Waals surface area contributed by atoms with Crippen LogP contribution in [0.4, 0.5) is 4.39 Å². The third-order valence-corrected chi connectivity index (χ3v) is 6.07. The lowest BCUT2D eigenvalue weighted by atomic mass is 9.94. The van der Waals surface area contributed by atoms with Gasteiger partial charge >= 0.3 is 5.97 Å². The van der Waals surface area contributed by atoms with Crippen molar-refractivity contribution in [3.63, 3.8) is 0 Å². The first-order chi connectivity index (χ1) is 14.0. The number of fused-ring (bicyclic) bond motifs is 1. The fourth-order valence-electron chi connectivity index (χ4n) is 4.67. The van der Waals surface area contributed by atoms with Gasteiger partial charge < -0.3 is 10.4 Å². The minimum absolute atomic E-state index is 0. The molecule has 0 saturated heterocycles. The quantitative estimate of drug-likeness (QED) is 0.506. The van der Waals surface area contributed by atoms with E-state index in [1.807, 2.05) is 48.5 Å². The molecule has 2 N–H and O–H groups in total. The van der Waals surface area contributed by atoms with Gasteiger partial charge in [-0.15, -0.1) is 12.4 Å². The van der Waals surface area contributed by atoms with Gasteiger partial charge in [0.15, 0.2) is 0 Å². The molecule has 1 aliphatic carbocycles. The first kappa shape index (κ1) is 22.3. The summed E-state index contributed by atoms with van der Waals surface area (Å²) in [7, 11) is 0. The highest BCUT2D eigenvalue weighted by Crippen LogP contribution is 2.36. The Balaban J connectivity index is 0.00000256. The maximum absolute atomic E-state index is 14.1. The molecule has 158 valence electrons. The van der Waals surface area contributed by atoms with E-state index in [2.05, 4.69) is 18.3 Å². The molecule has 0 radical (unpaired) electrons. The largest absolute Gasteiger partial charge is 0.481 e. The monoisotopic (exact) mass is 427 g/mol. The molecule has 0 heterocycles. The summed E-state index contributed by atoms with van der Waals surface area (Å²) in [5, 5.41) is 14.4. The number of carbonyl (C=O) groups is 1. The van der Waals surface area contributed by atoms with E-state index >= 15 is 0 Å². The minimum atomic E-state index is -0.798. The Bertz CT molecular complexity index is 1040. The zero-order valence-electron chi connectivity index (χ0n) is 17.0. The van der Waals surface area contributed by atoms with Crippen molar-refractivity contribution >= 4 is 29.1 Å². The highest BCUT2D eigenvalue weighted by molar-refractivity contribution is 5.86. The Morgan fingerprint density at radius 2 is 1.87 bits per heavy atom. The van der Waals surface area contributed by atoms with Crippen molar-refractivity contribution in [1.82, 2.24) is 5.32 Å². The summed E-state index contributed by atoms with van der Waals surface area (Å²) in [6.07, 6.45) is 3.26. The molecule has 30 heavy (non-hydrogen) atoms. The van der Waals surface area contributed by atoms with Gasteiger partial charge in [0.2, 0.25) is 0 Å². The molecule has 0 amide bonds. The third-order valence-electron chi connectivity index (χ3n) is 6.07. The van der Waals surface area contributed by atoms with E-state index in [1.54, 1.807) is 6.07 Å². The van der Waals surface area contributed by atoms with E-state index in [0.29, 0.717) is 17.3 Å². The van der Waals surface area contributed by atoms with Crippen LogP contribution >= 0.6 is 12.4 Å². The number of nitrogens with one attached hydrogen (secondary N) is 1. The van der Waals surface area contributed by atoms with E-state index in [9.17, 15) is 9.18 Å². The summed E-state index contributed by atoms with van der Waals surface area (Å²) in [6.45, 7) is 2.14. The van der Waals surface area contributed by atoms with Crippen molar-refractivity contribution in [2.75, 3.05) is 0 Å². The van der Waals surface area contributed by atoms with E-state index in [0.717, 1.165) is 35.8 Å². The zero-order chi connectivity index (χ0) is 20.4. The lowest BCUT2D eigenvalue weighted by molar-refractivity contribution is -0.136. The summed E-state index contributed by atoms with van der Waals surface area (Å²) < 4.78 is 14.1. The van der Waals surface area contributed by atoms with Crippen molar-refractivity contribution in [3.05, 3.63) is 83.2 Å². The number of aliphatic carboxylic acids is 1. The van der Waals surface area contributed by atoms with E-state index < -0.39 is 5.97 Å². The second kappa shape index (κ2) is 9.59. The van der Waals surface area contributed by atoms with Crippen molar-refractivity contribution in [1.29, 1.82) is 0 Å². The summed E-state index contributed by atoms with van der Waals surface area (Å²) >= 11 is 0. The number of carboxylic acids is 1. The van der Waals surface area contributed by atoms with Crippen molar-refractivity contribution < 1.29 is 14.3 Å². The van der Waals surface area contributed by atoms with E-state index in [-0.39, 0.29) is 30.7 Å². The molecule has 3 atom stereocenters.